The zero-order valence-electron chi connectivity index (χ0n) is 12.9. The van der Waals surface area contributed by atoms with E-state index in [4.69, 9.17) is 0 Å². The minimum Gasteiger partial charge on any atom is -0.313 e. The molecule has 5 nitrogen and oxygen atoms in total. The first-order chi connectivity index (χ1) is 11.1. The van der Waals surface area contributed by atoms with Gasteiger partial charge in [-0.05, 0) is 29.3 Å². The summed E-state index contributed by atoms with van der Waals surface area (Å²) in [5.41, 5.74) is 1.30. The minimum absolute atomic E-state index is 0. The van der Waals surface area contributed by atoms with Gasteiger partial charge in [-0.3, -0.25) is 4.98 Å². The van der Waals surface area contributed by atoms with E-state index in [-0.39, 0.29) is 24.2 Å². The Morgan fingerprint density at radius 1 is 1.29 bits per heavy atom. The molecule has 1 aliphatic heterocycles. The van der Waals surface area contributed by atoms with Crippen LogP contribution in [0, 0.1) is 5.82 Å². The standard InChI is InChI=1S/C16H18FN3O2S.ClH/c17-15-5-1-3-13(9-15)12-23(21,22)20-8-7-19-11-16(20)14-4-2-6-18-10-14;/h1-6,9-10,16,19H,7-8,11-12H2;1H. The van der Waals surface area contributed by atoms with Gasteiger partial charge >= 0.3 is 0 Å². The molecule has 2 heterocycles. The Morgan fingerprint density at radius 2 is 2.12 bits per heavy atom. The lowest BCUT2D eigenvalue weighted by atomic mass is 10.1. The first-order valence-corrected chi connectivity index (χ1v) is 9.02. The van der Waals surface area contributed by atoms with Crippen molar-refractivity contribution in [1.82, 2.24) is 14.6 Å². The van der Waals surface area contributed by atoms with Crippen molar-refractivity contribution in [2.75, 3.05) is 19.6 Å². The van der Waals surface area contributed by atoms with Crippen LogP contribution in [0.1, 0.15) is 17.2 Å². The molecule has 1 aromatic carbocycles. The quantitative estimate of drug-likeness (QED) is 0.894. The summed E-state index contributed by atoms with van der Waals surface area (Å²) in [6.07, 6.45) is 3.34. The van der Waals surface area contributed by atoms with Gasteiger partial charge in [-0.1, -0.05) is 18.2 Å². The van der Waals surface area contributed by atoms with E-state index in [0.717, 1.165) is 5.56 Å². The second-order valence-electron chi connectivity index (χ2n) is 5.50. The van der Waals surface area contributed by atoms with Gasteiger partial charge in [0.05, 0.1) is 11.8 Å². The number of aromatic nitrogens is 1. The van der Waals surface area contributed by atoms with Crippen LogP contribution in [0.3, 0.4) is 0 Å². The van der Waals surface area contributed by atoms with Crippen molar-refractivity contribution in [3.8, 4) is 0 Å². The molecule has 130 valence electrons. The van der Waals surface area contributed by atoms with Crippen LogP contribution in [0.5, 0.6) is 0 Å². The molecule has 1 aromatic heterocycles. The van der Waals surface area contributed by atoms with Gasteiger partial charge in [0.25, 0.3) is 0 Å². The van der Waals surface area contributed by atoms with Crippen LogP contribution >= 0.6 is 12.4 Å². The first-order valence-electron chi connectivity index (χ1n) is 7.41. The highest BCUT2D eigenvalue weighted by Gasteiger charge is 2.33. The van der Waals surface area contributed by atoms with Crippen LogP contribution in [-0.2, 0) is 15.8 Å². The van der Waals surface area contributed by atoms with Crippen LogP contribution in [0.15, 0.2) is 48.8 Å². The molecule has 0 radical (unpaired) electrons. The molecule has 0 bridgehead atoms. The van der Waals surface area contributed by atoms with Gasteiger partial charge in [-0.15, -0.1) is 12.4 Å². The largest absolute Gasteiger partial charge is 0.313 e. The number of pyridine rings is 1. The molecular weight excluding hydrogens is 353 g/mol. The van der Waals surface area contributed by atoms with Crippen LogP contribution in [0.25, 0.3) is 0 Å². The van der Waals surface area contributed by atoms with E-state index in [1.807, 2.05) is 6.07 Å². The molecule has 1 atom stereocenters. The number of piperazine rings is 1. The van der Waals surface area contributed by atoms with Crippen molar-refractivity contribution in [1.29, 1.82) is 0 Å². The van der Waals surface area contributed by atoms with Crippen LogP contribution < -0.4 is 5.32 Å². The van der Waals surface area contributed by atoms with Crippen LogP contribution in [0.2, 0.25) is 0 Å². The van der Waals surface area contributed by atoms with Crippen molar-refractivity contribution in [2.24, 2.45) is 0 Å². The summed E-state index contributed by atoms with van der Waals surface area (Å²) in [6.45, 7) is 1.52. The van der Waals surface area contributed by atoms with E-state index in [1.54, 1.807) is 24.5 Å². The molecule has 0 saturated carbocycles. The summed E-state index contributed by atoms with van der Waals surface area (Å²) < 4.78 is 40.4. The summed E-state index contributed by atoms with van der Waals surface area (Å²) in [6, 6.07) is 9.09. The van der Waals surface area contributed by atoms with Crippen LogP contribution in [-0.4, -0.2) is 37.3 Å². The fourth-order valence-corrected chi connectivity index (χ4v) is 4.52. The fraction of sp³-hybridized carbons (Fsp3) is 0.312. The normalized spacial score (nSPS) is 18.8. The van der Waals surface area contributed by atoms with Gasteiger partial charge < -0.3 is 5.32 Å². The third-order valence-corrected chi connectivity index (χ3v) is 5.71. The summed E-state index contributed by atoms with van der Waals surface area (Å²) in [5, 5.41) is 3.21. The molecule has 2 aromatic rings. The van der Waals surface area contributed by atoms with Crippen molar-refractivity contribution in [3.05, 3.63) is 65.7 Å². The highest BCUT2D eigenvalue weighted by atomic mass is 35.5. The number of rotatable bonds is 4. The van der Waals surface area contributed by atoms with Gasteiger partial charge in [0.2, 0.25) is 10.0 Å². The number of sulfonamides is 1. The Kier molecular flexibility index (Phi) is 6.28. The van der Waals surface area contributed by atoms with Gasteiger partial charge in [0.15, 0.2) is 0 Å². The fourth-order valence-electron chi connectivity index (χ4n) is 2.80. The third kappa shape index (κ3) is 4.30. The maximum atomic E-state index is 13.3. The third-order valence-electron chi connectivity index (χ3n) is 3.86. The number of hydrogen-bond donors (Lipinski definition) is 1. The summed E-state index contributed by atoms with van der Waals surface area (Å²) in [4.78, 5) is 4.07. The topological polar surface area (TPSA) is 62.3 Å². The monoisotopic (exact) mass is 371 g/mol. The van der Waals surface area contributed by atoms with Crippen molar-refractivity contribution < 1.29 is 12.8 Å². The molecule has 0 spiro atoms. The Morgan fingerprint density at radius 3 is 2.83 bits per heavy atom. The number of benzene rings is 1. The van der Waals surface area contributed by atoms with Crippen molar-refractivity contribution in [2.45, 2.75) is 11.8 Å². The zero-order chi connectivity index (χ0) is 16.3. The lowest BCUT2D eigenvalue weighted by Gasteiger charge is -2.35. The molecule has 8 heteroatoms. The highest BCUT2D eigenvalue weighted by Crippen LogP contribution is 2.26. The van der Waals surface area contributed by atoms with E-state index in [1.165, 1.54) is 22.5 Å². The molecule has 24 heavy (non-hydrogen) atoms. The number of nitrogens with one attached hydrogen (secondary N) is 1. The average molecular weight is 372 g/mol. The van der Waals surface area contributed by atoms with E-state index >= 15 is 0 Å². The van der Waals surface area contributed by atoms with Gasteiger partial charge in [0.1, 0.15) is 5.82 Å². The van der Waals surface area contributed by atoms with Crippen LogP contribution in [0.4, 0.5) is 4.39 Å². The predicted octanol–water partition coefficient (Wildman–Crippen LogP) is 2.12. The van der Waals surface area contributed by atoms with E-state index < -0.39 is 15.8 Å². The van der Waals surface area contributed by atoms with Gasteiger partial charge in [-0.25, -0.2) is 12.8 Å². The Balaban J connectivity index is 0.00000208. The molecule has 1 N–H and O–H groups in total. The summed E-state index contributed by atoms with van der Waals surface area (Å²) >= 11 is 0. The molecule has 1 unspecified atom stereocenters. The summed E-state index contributed by atoms with van der Waals surface area (Å²) in [5.74, 6) is -0.636. The molecular formula is C16H19ClFN3O2S. The van der Waals surface area contributed by atoms with Crippen molar-refractivity contribution in [3.63, 3.8) is 0 Å². The lowest BCUT2D eigenvalue weighted by molar-refractivity contribution is 0.271. The number of hydrogen-bond acceptors (Lipinski definition) is 4. The zero-order valence-corrected chi connectivity index (χ0v) is 14.6. The molecule has 0 aliphatic carbocycles. The highest BCUT2D eigenvalue weighted by molar-refractivity contribution is 7.88. The maximum Gasteiger partial charge on any atom is 0.218 e. The van der Waals surface area contributed by atoms with Gasteiger partial charge in [0, 0.05) is 32.0 Å². The second-order valence-corrected chi connectivity index (χ2v) is 7.42. The maximum absolute atomic E-state index is 13.3. The number of halogens is 2. The van der Waals surface area contributed by atoms with E-state index in [2.05, 4.69) is 10.3 Å². The van der Waals surface area contributed by atoms with Gasteiger partial charge in [-0.2, -0.15) is 4.31 Å². The lowest BCUT2D eigenvalue weighted by Crippen LogP contribution is -2.48. The Hall–Kier alpha value is -1.54. The first kappa shape index (κ1) is 18.8. The molecule has 1 saturated heterocycles. The minimum atomic E-state index is -3.55. The molecule has 0 amide bonds. The summed E-state index contributed by atoms with van der Waals surface area (Å²) in [7, 11) is -3.55. The SMILES string of the molecule is Cl.O=S(=O)(Cc1cccc(F)c1)N1CCNCC1c1cccnc1. The average Bonchev–Trinajstić information content (AvgIpc) is 2.55. The predicted molar refractivity (Wildman–Crippen MR) is 92.8 cm³/mol. The Bertz CT molecular complexity index is 774. The Labute approximate surface area is 147 Å². The van der Waals surface area contributed by atoms with E-state index in [9.17, 15) is 12.8 Å². The number of nitrogens with zero attached hydrogens (tertiary/aromatic N) is 2. The van der Waals surface area contributed by atoms with E-state index in [0.29, 0.717) is 25.2 Å². The molecule has 3 rings (SSSR count). The molecule has 1 fully saturated rings. The second kappa shape index (κ2) is 8.02. The van der Waals surface area contributed by atoms with Crippen molar-refractivity contribution >= 4 is 22.4 Å². The smallest absolute Gasteiger partial charge is 0.218 e. The molecule has 1 aliphatic rings.